The maximum absolute atomic E-state index is 12.5. The van der Waals surface area contributed by atoms with Gasteiger partial charge in [0.25, 0.3) is 0 Å². The predicted molar refractivity (Wildman–Crippen MR) is 150 cm³/mol. The van der Waals surface area contributed by atoms with Crippen LogP contribution in [0, 0.1) is 0 Å². The van der Waals surface area contributed by atoms with E-state index in [4.69, 9.17) is 9.47 Å². The average molecular weight is 519 g/mol. The summed E-state index contributed by atoms with van der Waals surface area (Å²) in [4.78, 5) is 28.5. The summed E-state index contributed by atoms with van der Waals surface area (Å²) in [5, 5.41) is 4.81. The first-order chi connectivity index (χ1) is 17.2. The lowest BCUT2D eigenvalue weighted by molar-refractivity contribution is -0.143. The van der Waals surface area contributed by atoms with Crippen molar-refractivity contribution in [3.05, 3.63) is 29.8 Å². The van der Waals surface area contributed by atoms with Gasteiger partial charge in [-0.15, -0.1) is 11.8 Å². The van der Waals surface area contributed by atoms with E-state index in [1.54, 1.807) is 32.5 Å². The summed E-state index contributed by atoms with van der Waals surface area (Å²) < 4.78 is 10.4. The second-order valence-electron chi connectivity index (χ2n) is 10.4. The van der Waals surface area contributed by atoms with E-state index in [-0.39, 0.29) is 0 Å². The first-order valence-electron chi connectivity index (χ1n) is 13.5. The summed E-state index contributed by atoms with van der Waals surface area (Å²) in [7, 11) is 1.34. The number of ether oxygens (including phenoxy) is 2. The number of alkyl carbamates (subject to hydrolysis) is 1. The van der Waals surface area contributed by atoms with Gasteiger partial charge in [-0.3, -0.25) is 0 Å². The first kappa shape index (κ1) is 30.1. The van der Waals surface area contributed by atoms with Crippen LogP contribution in [0.3, 0.4) is 0 Å². The van der Waals surface area contributed by atoms with Crippen LogP contribution in [0.1, 0.15) is 97.5 Å². The third kappa shape index (κ3) is 10.9. The third-order valence-electron chi connectivity index (χ3n) is 6.10. The van der Waals surface area contributed by atoms with Crippen LogP contribution < -0.4 is 5.32 Å². The van der Waals surface area contributed by atoms with Crippen LogP contribution >= 0.6 is 11.8 Å². The summed E-state index contributed by atoms with van der Waals surface area (Å²) in [6.07, 6.45) is 12.9. The van der Waals surface area contributed by atoms with Gasteiger partial charge in [0.2, 0.25) is 0 Å². The lowest BCUT2D eigenvalue weighted by Gasteiger charge is -2.22. The second kappa shape index (κ2) is 15.9. The molecule has 1 aromatic carbocycles. The number of benzene rings is 1. The molecule has 2 rings (SSSR count). The lowest BCUT2D eigenvalue weighted by Crippen LogP contribution is -2.45. The Bertz CT molecular complexity index is 935. The number of carbonyl (C=O) groups is 2. The zero-order valence-electron chi connectivity index (χ0n) is 22.9. The Hall–Kier alpha value is -2.15. The highest BCUT2D eigenvalue weighted by atomic mass is 32.2. The quantitative estimate of drug-likeness (QED) is 0.135. The number of methoxy groups -OCH3 is 1. The molecule has 2 aromatic rings. The smallest absolute Gasteiger partial charge is 0.408 e. The van der Waals surface area contributed by atoms with Gasteiger partial charge in [0.05, 0.1) is 12.1 Å². The van der Waals surface area contributed by atoms with Gasteiger partial charge in [0, 0.05) is 17.3 Å². The molecule has 1 atom stereocenters. The van der Waals surface area contributed by atoms with Gasteiger partial charge in [0.1, 0.15) is 11.6 Å². The van der Waals surface area contributed by atoms with E-state index < -0.39 is 23.7 Å². The maximum Gasteiger partial charge on any atom is 0.408 e. The molecule has 6 nitrogen and oxygen atoms in total. The standard InChI is InChI=1S/C29H46N2O4S/c1-6-7-8-9-10-11-12-13-14-17-20-36-26-23(22-18-15-16-19-24(22)30-26)21-25(27(32)34-5)31-28(33)35-29(2,3)4/h15-16,18-19,25,30H,6-14,17,20-21H2,1-5H3,(H,31,33)/t25-/m0/s1. The molecule has 1 aromatic heterocycles. The number of hydrogen-bond donors (Lipinski definition) is 2. The van der Waals surface area contributed by atoms with E-state index >= 15 is 0 Å². The molecule has 0 fully saturated rings. The van der Waals surface area contributed by atoms with E-state index in [0.717, 1.165) is 33.7 Å². The van der Waals surface area contributed by atoms with Gasteiger partial charge in [-0.2, -0.15) is 0 Å². The molecule has 1 heterocycles. The van der Waals surface area contributed by atoms with Gasteiger partial charge >= 0.3 is 12.1 Å². The van der Waals surface area contributed by atoms with E-state index in [1.807, 2.05) is 24.3 Å². The summed E-state index contributed by atoms with van der Waals surface area (Å²) in [6, 6.07) is 7.24. The van der Waals surface area contributed by atoms with Crippen LogP contribution in [0.25, 0.3) is 10.9 Å². The highest BCUT2D eigenvalue weighted by Crippen LogP contribution is 2.32. The lowest BCUT2D eigenvalue weighted by atomic mass is 10.1. The van der Waals surface area contributed by atoms with Gasteiger partial charge in [-0.1, -0.05) is 82.9 Å². The summed E-state index contributed by atoms with van der Waals surface area (Å²) in [5.74, 6) is 0.524. The molecule has 36 heavy (non-hydrogen) atoms. The number of unbranched alkanes of at least 4 members (excludes halogenated alkanes) is 9. The van der Waals surface area contributed by atoms with Gasteiger partial charge in [-0.25, -0.2) is 9.59 Å². The molecular weight excluding hydrogens is 472 g/mol. The van der Waals surface area contributed by atoms with Gasteiger partial charge in [0.15, 0.2) is 0 Å². The number of aromatic amines is 1. The van der Waals surface area contributed by atoms with Crippen molar-refractivity contribution in [3.8, 4) is 0 Å². The molecule has 202 valence electrons. The molecule has 0 aliphatic rings. The molecule has 0 saturated carbocycles. The number of carbonyl (C=O) groups excluding carboxylic acids is 2. The van der Waals surface area contributed by atoms with Crippen LogP contribution in [0.4, 0.5) is 4.79 Å². The Kier molecular flexibility index (Phi) is 13.2. The van der Waals surface area contributed by atoms with Crippen molar-refractivity contribution >= 4 is 34.7 Å². The molecule has 0 radical (unpaired) electrons. The Labute approximate surface area is 221 Å². The van der Waals surface area contributed by atoms with Crippen molar-refractivity contribution in [1.82, 2.24) is 10.3 Å². The van der Waals surface area contributed by atoms with Crippen LogP contribution in [0.15, 0.2) is 29.3 Å². The molecule has 0 bridgehead atoms. The normalized spacial score (nSPS) is 12.5. The number of thioether (sulfide) groups is 1. The minimum Gasteiger partial charge on any atom is -0.467 e. The molecule has 7 heteroatoms. The molecule has 0 aliphatic carbocycles. The van der Waals surface area contributed by atoms with E-state index in [9.17, 15) is 9.59 Å². The monoisotopic (exact) mass is 518 g/mol. The number of aromatic nitrogens is 1. The van der Waals surface area contributed by atoms with Crippen LogP contribution in [-0.2, 0) is 20.7 Å². The number of esters is 1. The zero-order chi connectivity index (χ0) is 26.4. The third-order valence-corrected chi connectivity index (χ3v) is 7.23. The van der Waals surface area contributed by atoms with Crippen molar-refractivity contribution in [2.45, 2.75) is 115 Å². The molecule has 0 spiro atoms. The Morgan fingerprint density at radius 3 is 2.19 bits per heavy atom. The van der Waals surface area contributed by atoms with Crippen molar-refractivity contribution < 1.29 is 19.1 Å². The largest absolute Gasteiger partial charge is 0.467 e. The Morgan fingerprint density at radius 1 is 0.972 bits per heavy atom. The second-order valence-corrected chi connectivity index (χ2v) is 11.5. The summed E-state index contributed by atoms with van der Waals surface area (Å²) >= 11 is 1.79. The maximum atomic E-state index is 12.5. The number of nitrogens with one attached hydrogen (secondary N) is 2. The molecule has 0 aliphatic heterocycles. The highest BCUT2D eigenvalue weighted by Gasteiger charge is 2.27. The van der Waals surface area contributed by atoms with E-state index in [2.05, 4.69) is 17.2 Å². The van der Waals surface area contributed by atoms with E-state index in [0.29, 0.717) is 6.42 Å². The molecule has 2 N–H and O–H groups in total. The zero-order valence-corrected chi connectivity index (χ0v) is 23.7. The van der Waals surface area contributed by atoms with Crippen molar-refractivity contribution in [1.29, 1.82) is 0 Å². The summed E-state index contributed by atoms with van der Waals surface area (Å²) in [5.41, 5.74) is 1.40. The van der Waals surface area contributed by atoms with Crippen molar-refractivity contribution in [2.75, 3.05) is 12.9 Å². The SMILES string of the molecule is CCCCCCCCCCCCSc1[nH]c2ccccc2c1C[C@H](NC(=O)OC(C)(C)C)C(=O)OC. The van der Waals surface area contributed by atoms with Gasteiger partial charge < -0.3 is 19.8 Å². The van der Waals surface area contributed by atoms with Crippen LogP contribution in [-0.4, -0.2) is 41.6 Å². The number of fused-ring (bicyclic) bond motifs is 1. The van der Waals surface area contributed by atoms with Crippen molar-refractivity contribution in [2.24, 2.45) is 0 Å². The molecule has 0 unspecified atom stereocenters. The highest BCUT2D eigenvalue weighted by molar-refractivity contribution is 7.99. The molecular formula is C29H46N2O4S. The van der Waals surface area contributed by atoms with Crippen molar-refractivity contribution in [3.63, 3.8) is 0 Å². The van der Waals surface area contributed by atoms with E-state index in [1.165, 1.54) is 64.9 Å². The number of H-pyrrole nitrogens is 1. The fourth-order valence-corrected chi connectivity index (χ4v) is 5.36. The van der Waals surface area contributed by atoms with Gasteiger partial charge in [-0.05, 0) is 44.6 Å². The Morgan fingerprint density at radius 2 is 1.58 bits per heavy atom. The fourth-order valence-electron chi connectivity index (χ4n) is 4.25. The Balaban J connectivity index is 1.95. The van der Waals surface area contributed by atoms with Crippen LogP contribution in [0.2, 0.25) is 0 Å². The first-order valence-corrected chi connectivity index (χ1v) is 14.5. The number of para-hydroxylation sites is 1. The number of amides is 1. The molecule has 0 saturated heterocycles. The minimum absolute atomic E-state index is 0.330. The van der Waals surface area contributed by atoms with Crippen LogP contribution in [0.5, 0.6) is 0 Å². The molecule has 1 amide bonds. The fraction of sp³-hybridized carbons (Fsp3) is 0.655. The topological polar surface area (TPSA) is 80.4 Å². The average Bonchev–Trinajstić information content (AvgIpc) is 3.17. The number of rotatable bonds is 16. The number of hydrogen-bond acceptors (Lipinski definition) is 5. The summed E-state index contributed by atoms with van der Waals surface area (Å²) in [6.45, 7) is 7.64. The minimum atomic E-state index is -0.833. The predicted octanol–water partition coefficient (Wildman–Crippen LogP) is 7.79.